The molecule has 0 spiro atoms. The molecule has 0 amide bonds. The summed E-state index contributed by atoms with van der Waals surface area (Å²) in [5.74, 6) is -0.290. The van der Waals surface area contributed by atoms with E-state index < -0.39 is 0 Å². The second-order valence-electron chi connectivity index (χ2n) is 5.80. The number of hydrogen-bond donors (Lipinski definition) is 0. The minimum atomic E-state index is -0.290. The van der Waals surface area contributed by atoms with Gasteiger partial charge in [-0.1, -0.05) is 67.3 Å². The molecule has 0 saturated heterocycles. The second kappa shape index (κ2) is 9.09. The summed E-state index contributed by atoms with van der Waals surface area (Å²) in [4.78, 5) is 12.5. The highest BCUT2D eigenvalue weighted by Crippen LogP contribution is 2.13. The standard InChI is InChI=1S/C22H22O2S/c1-4-24-22(23)20-13-11-18(12-14-20)6-5-17-7-9-19(10-8-17)15-21(25)16(2)3/h5-14H,2,4,15H2,1,3H3. The number of ether oxygens (including phenoxy) is 1. The molecule has 0 aromatic heterocycles. The Balaban J connectivity index is 2.00. The van der Waals surface area contributed by atoms with Gasteiger partial charge in [0, 0.05) is 11.3 Å². The Morgan fingerprint density at radius 2 is 1.56 bits per heavy atom. The van der Waals surface area contributed by atoms with Gasteiger partial charge in [-0.15, -0.1) is 0 Å². The van der Waals surface area contributed by atoms with Gasteiger partial charge >= 0.3 is 5.97 Å². The predicted octanol–water partition coefficient (Wildman–Crippen LogP) is 5.52. The molecular weight excluding hydrogens is 328 g/mol. The Labute approximate surface area is 154 Å². The maximum absolute atomic E-state index is 11.6. The molecule has 0 aliphatic heterocycles. The lowest BCUT2D eigenvalue weighted by Gasteiger charge is -2.04. The van der Waals surface area contributed by atoms with Gasteiger partial charge in [-0.25, -0.2) is 4.79 Å². The third-order valence-corrected chi connectivity index (χ3v) is 4.20. The lowest BCUT2D eigenvalue weighted by molar-refractivity contribution is 0.0526. The minimum absolute atomic E-state index is 0.290. The molecule has 0 fully saturated rings. The summed E-state index contributed by atoms with van der Waals surface area (Å²) >= 11 is 5.31. The van der Waals surface area contributed by atoms with Crippen LogP contribution in [0.25, 0.3) is 12.2 Å². The zero-order chi connectivity index (χ0) is 18.2. The van der Waals surface area contributed by atoms with E-state index in [2.05, 4.69) is 30.8 Å². The zero-order valence-electron chi connectivity index (χ0n) is 14.6. The highest BCUT2D eigenvalue weighted by molar-refractivity contribution is 7.80. The van der Waals surface area contributed by atoms with Crippen molar-refractivity contribution in [3.05, 3.63) is 82.9 Å². The fourth-order valence-electron chi connectivity index (χ4n) is 2.22. The van der Waals surface area contributed by atoms with Crippen molar-refractivity contribution >= 4 is 35.2 Å². The third-order valence-electron chi connectivity index (χ3n) is 3.71. The van der Waals surface area contributed by atoms with Crippen molar-refractivity contribution in [2.45, 2.75) is 20.3 Å². The first-order valence-electron chi connectivity index (χ1n) is 8.22. The van der Waals surface area contributed by atoms with Gasteiger partial charge in [0.15, 0.2) is 0 Å². The van der Waals surface area contributed by atoms with E-state index in [4.69, 9.17) is 17.0 Å². The molecule has 2 rings (SSSR count). The van der Waals surface area contributed by atoms with E-state index in [0.717, 1.165) is 28.0 Å². The Morgan fingerprint density at radius 1 is 1.04 bits per heavy atom. The van der Waals surface area contributed by atoms with E-state index in [1.165, 1.54) is 5.56 Å². The molecule has 128 valence electrons. The zero-order valence-corrected chi connectivity index (χ0v) is 15.4. The molecule has 0 bridgehead atoms. The highest BCUT2D eigenvalue weighted by Gasteiger charge is 2.04. The molecule has 0 radical (unpaired) electrons. The molecule has 0 aliphatic carbocycles. The summed E-state index contributed by atoms with van der Waals surface area (Å²) in [7, 11) is 0. The molecule has 0 atom stereocenters. The van der Waals surface area contributed by atoms with E-state index in [-0.39, 0.29) is 5.97 Å². The number of esters is 1. The number of rotatable bonds is 7. The first-order chi connectivity index (χ1) is 12.0. The SMILES string of the molecule is C=C(C)C(=S)Cc1ccc(C=Cc2ccc(C(=O)OCC)cc2)cc1. The second-order valence-corrected chi connectivity index (χ2v) is 6.29. The molecule has 0 unspecified atom stereocenters. The number of thiocarbonyl (C=S) groups is 1. The van der Waals surface area contributed by atoms with Crippen molar-refractivity contribution in [3.8, 4) is 0 Å². The van der Waals surface area contributed by atoms with Crippen molar-refractivity contribution in [2.75, 3.05) is 6.61 Å². The van der Waals surface area contributed by atoms with E-state index in [1.807, 2.05) is 31.2 Å². The molecular formula is C22H22O2S. The van der Waals surface area contributed by atoms with Gasteiger partial charge in [0.1, 0.15) is 0 Å². The molecule has 3 heteroatoms. The summed E-state index contributed by atoms with van der Waals surface area (Å²) in [5, 5.41) is 0. The summed E-state index contributed by atoms with van der Waals surface area (Å²) in [6.45, 7) is 8.00. The predicted molar refractivity (Wildman–Crippen MR) is 109 cm³/mol. The van der Waals surface area contributed by atoms with E-state index >= 15 is 0 Å². The Kier molecular flexibility index (Phi) is 6.84. The maximum Gasteiger partial charge on any atom is 0.338 e. The third kappa shape index (κ3) is 5.80. The van der Waals surface area contributed by atoms with Crippen molar-refractivity contribution < 1.29 is 9.53 Å². The summed E-state index contributed by atoms with van der Waals surface area (Å²) in [6.07, 6.45) is 4.81. The Hall–Kier alpha value is -2.52. The van der Waals surface area contributed by atoms with Gasteiger partial charge in [-0.05, 0) is 48.2 Å². The molecule has 2 aromatic carbocycles. The number of hydrogen-bond acceptors (Lipinski definition) is 3. The van der Waals surface area contributed by atoms with Gasteiger partial charge in [-0.3, -0.25) is 0 Å². The first-order valence-corrected chi connectivity index (χ1v) is 8.63. The largest absolute Gasteiger partial charge is 0.462 e. The van der Waals surface area contributed by atoms with Crippen LogP contribution in [0.5, 0.6) is 0 Å². The van der Waals surface area contributed by atoms with Crippen LogP contribution in [0.2, 0.25) is 0 Å². The lowest BCUT2D eigenvalue weighted by atomic mass is 10.0. The molecule has 0 N–H and O–H groups in total. The normalized spacial score (nSPS) is 10.6. The molecule has 2 aromatic rings. The number of benzene rings is 2. The number of carbonyl (C=O) groups is 1. The molecule has 2 nitrogen and oxygen atoms in total. The van der Waals surface area contributed by atoms with Crippen LogP contribution in [0.4, 0.5) is 0 Å². The summed E-state index contributed by atoms with van der Waals surface area (Å²) < 4.78 is 4.98. The van der Waals surface area contributed by atoms with Crippen LogP contribution in [0.3, 0.4) is 0 Å². The van der Waals surface area contributed by atoms with Crippen molar-refractivity contribution in [2.24, 2.45) is 0 Å². The van der Waals surface area contributed by atoms with Crippen LogP contribution in [-0.4, -0.2) is 17.4 Å². The van der Waals surface area contributed by atoms with Crippen LogP contribution in [0.15, 0.2) is 60.7 Å². The molecule has 0 saturated carbocycles. The van der Waals surface area contributed by atoms with Crippen molar-refractivity contribution in [3.63, 3.8) is 0 Å². The first kappa shape index (κ1) is 18.8. The van der Waals surface area contributed by atoms with Gasteiger partial charge in [0.05, 0.1) is 12.2 Å². The Morgan fingerprint density at radius 3 is 2.04 bits per heavy atom. The Bertz CT molecular complexity index is 784. The van der Waals surface area contributed by atoms with Crippen LogP contribution in [-0.2, 0) is 11.2 Å². The van der Waals surface area contributed by atoms with Crippen LogP contribution < -0.4 is 0 Å². The van der Waals surface area contributed by atoms with E-state index in [1.54, 1.807) is 19.1 Å². The number of allylic oxidation sites excluding steroid dienone is 1. The summed E-state index contributed by atoms with van der Waals surface area (Å²) in [5.41, 5.74) is 4.84. The molecule has 25 heavy (non-hydrogen) atoms. The van der Waals surface area contributed by atoms with Crippen molar-refractivity contribution in [1.82, 2.24) is 0 Å². The van der Waals surface area contributed by atoms with Gasteiger partial charge in [0.25, 0.3) is 0 Å². The maximum atomic E-state index is 11.6. The average molecular weight is 350 g/mol. The minimum Gasteiger partial charge on any atom is -0.462 e. The highest BCUT2D eigenvalue weighted by atomic mass is 32.1. The van der Waals surface area contributed by atoms with E-state index in [0.29, 0.717) is 12.2 Å². The topological polar surface area (TPSA) is 26.3 Å². The fourth-order valence-corrected chi connectivity index (χ4v) is 2.39. The quantitative estimate of drug-likeness (QED) is 0.284. The van der Waals surface area contributed by atoms with Crippen LogP contribution in [0.1, 0.15) is 40.9 Å². The van der Waals surface area contributed by atoms with E-state index in [9.17, 15) is 4.79 Å². The van der Waals surface area contributed by atoms with Gasteiger partial charge < -0.3 is 4.74 Å². The van der Waals surface area contributed by atoms with Crippen LogP contribution >= 0.6 is 12.2 Å². The monoisotopic (exact) mass is 350 g/mol. The summed E-state index contributed by atoms with van der Waals surface area (Å²) in [6, 6.07) is 15.7. The van der Waals surface area contributed by atoms with Gasteiger partial charge in [0.2, 0.25) is 0 Å². The average Bonchev–Trinajstić information content (AvgIpc) is 2.61. The smallest absolute Gasteiger partial charge is 0.338 e. The molecule has 0 heterocycles. The van der Waals surface area contributed by atoms with Crippen molar-refractivity contribution in [1.29, 1.82) is 0 Å². The lowest BCUT2D eigenvalue weighted by Crippen LogP contribution is -2.03. The van der Waals surface area contributed by atoms with Gasteiger partial charge in [-0.2, -0.15) is 0 Å². The number of carbonyl (C=O) groups excluding carboxylic acids is 1. The fraction of sp³-hybridized carbons (Fsp3) is 0.182. The molecule has 0 aliphatic rings. The van der Waals surface area contributed by atoms with Crippen LogP contribution in [0, 0.1) is 0 Å².